The quantitative estimate of drug-likeness (QED) is 0.263. The first-order chi connectivity index (χ1) is 17.1. The van der Waals surface area contributed by atoms with Crippen LogP contribution in [0.2, 0.25) is 0 Å². The minimum absolute atomic E-state index is 0.0132. The van der Waals surface area contributed by atoms with Crippen LogP contribution in [0.4, 0.5) is 11.4 Å². The zero-order chi connectivity index (χ0) is 24.7. The monoisotopic (exact) mass is 491 g/mol. The largest absolute Gasteiger partial charge is 0.493 e. The number of hydrogen-bond donors (Lipinski definition) is 1. The van der Waals surface area contributed by atoms with Crippen molar-refractivity contribution in [3.05, 3.63) is 53.7 Å². The number of carbonyl (C=O) groups excluding carboxylic acids is 1. The second-order valence-electron chi connectivity index (χ2n) is 8.32. The molecule has 0 saturated carbocycles. The first-order valence-corrected chi connectivity index (χ1v) is 11.8. The third-order valence-electron chi connectivity index (χ3n) is 6.49. The lowest BCUT2D eigenvalue weighted by molar-refractivity contribution is 0.0984. The van der Waals surface area contributed by atoms with E-state index in [1.54, 1.807) is 32.4 Å². The molecule has 0 aliphatic carbocycles. The summed E-state index contributed by atoms with van der Waals surface area (Å²) >= 11 is 6.40. The molecule has 0 radical (unpaired) electrons. The molecule has 35 heavy (non-hydrogen) atoms. The van der Waals surface area contributed by atoms with Gasteiger partial charge in [0.25, 0.3) is 5.91 Å². The Kier molecular flexibility index (Phi) is 6.03. The molecule has 0 fully saturated rings. The third-order valence-corrected chi connectivity index (χ3v) is 6.87. The lowest BCUT2D eigenvalue weighted by Gasteiger charge is -2.18. The van der Waals surface area contributed by atoms with E-state index in [0.717, 1.165) is 33.1 Å². The predicted octanol–water partition coefficient (Wildman–Crippen LogP) is 6.05. The van der Waals surface area contributed by atoms with Crippen molar-refractivity contribution in [2.75, 3.05) is 38.7 Å². The minimum atomic E-state index is -0.156. The lowest BCUT2D eigenvalue weighted by Crippen LogP contribution is -2.30. The highest BCUT2D eigenvalue weighted by Crippen LogP contribution is 2.47. The number of carbonyl (C=O) groups is 1. The second-order valence-corrected chi connectivity index (χ2v) is 8.63. The summed E-state index contributed by atoms with van der Waals surface area (Å²) in [4.78, 5) is 23.5. The van der Waals surface area contributed by atoms with E-state index in [2.05, 4.69) is 22.1 Å². The molecule has 1 aliphatic heterocycles. The van der Waals surface area contributed by atoms with E-state index in [9.17, 15) is 4.79 Å². The fourth-order valence-electron chi connectivity index (χ4n) is 5.00. The highest BCUT2D eigenvalue weighted by Gasteiger charge is 2.35. The van der Waals surface area contributed by atoms with Gasteiger partial charge in [-0.2, -0.15) is 0 Å². The van der Waals surface area contributed by atoms with Crippen LogP contribution >= 0.6 is 11.6 Å². The number of benzene rings is 3. The topological polar surface area (TPSA) is 76.2 Å². The number of ether oxygens (including phenoxy) is 3. The number of alkyl halides is 1. The van der Waals surface area contributed by atoms with Gasteiger partial charge in [0.05, 0.1) is 38.2 Å². The number of H-pyrrole nitrogens is 1. The fourth-order valence-corrected chi connectivity index (χ4v) is 5.25. The fraction of sp³-hybridized carbons (Fsp3) is 0.259. The Hall–Kier alpha value is -3.71. The van der Waals surface area contributed by atoms with E-state index in [-0.39, 0.29) is 11.8 Å². The summed E-state index contributed by atoms with van der Waals surface area (Å²) in [7, 11) is 4.67. The summed E-state index contributed by atoms with van der Waals surface area (Å²) in [6.45, 7) is 2.37. The molecule has 1 N–H and O–H groups in total. The number of nitrogens with zero attached hydrogens (tertiary/aromatic N) is 2. The molecule has 0 spiro atoms. The molecule has 1 atom stereocenters. The number of anilines is 1. The zero-order valence-electron chi connectivity index (χ0n) is 20.0. The zero-order valence-corrected chi connectivity index (χ0v) is 20.8. The normalized spacial score (nSPS) is 15.2. The van der Waals surface area contributed by atoms with Crippen molar-refractivity contribution in [3.8, 4) is 17.2 Å². The Morgan fingerprint density at radius 2 is 1.86 bits per heavy atom. The van der Waals surface area contributed by atoms with Crippen molar-refractivity contribution in [2.24, 2.45) is 4.99 Å². The molecule has 3 aromatic carbocycles. The van der Waals surface area contributed by atoms with Gasteiger partial charge in [-0.25, -0.2) is 0 Å². The first-order valence-electron chi connectivity index (χ1n) is 11.3. The van der Waals surface area contributed by atoms with Crippen molar-refractivity contribution in [3.63, 3.8) is 0 Å². The SMILES string of the molecule is CC=Nc1cc2c(c3ccccc13)[C@H](CCl)CN2C(=O)c1cc2cc(OC)c(OC)c(OC)c2[nH]1. The van der Waals surface area contributed by atoms with E-state index in [1.807, 2.05) is 37.3 Å². The maximum atomic E-state index is 13.9. The predicted molar refractivity (Wildman–Crippen MR) is 141 cm³/mol. The van der Waals surface area contributed by atoms with Gasteiger partial charge in [0.1, 0.15) is 5.69 Å². The summed E-state index contributed by atoms with van der Waals surface area (Å²) < 4.78 is 16.6. The smallest absolute Gasteiger partial charge is 0.274 e. The first kappa shape index (κ1) is 23.1. The number of methoxy groups -OCH3 is 3. The van der Waals surface area contributed by atoms with Crippen molar-refractivity contribution in [2.45, 2.75) is 12.8 Å². The van der Waals surface area contributed by atoms with Crippen LogP contribution in [0.5, 0.6) is 17.2 Å². The van der Waals surface area contributed by atoms with Crippen molar-refractivity contribution in [1.82, 2.24) is 4.98 Å². The number of fused-ring (bicyclic) bond motifs is 4. The summed E-state index contributed by atoms with van der Waals surface area (Å²) in [5, 5.41) is 2.90. The highest BCUT2D eigenvalue weighted by molar-refractivity contribution is 6.19. The van der Waals surface area contributed by atoms with Gasteiger partial charge in [0, 0.05) is 35.3 Å². The second kappa shape index (κ2) is 9.15. The average molecular weight is 492 g/mol. The van der Waals surface area contributed by atoms with E-state index in [4.69, 9.17) is 25.8 Å². The molecule has 1 aliphatic rings. The molecule has 0 unspecified atom stereocenters. The van der Waals surface area contributed by atoms with Crippen LogP contribution in [0, 0.1) is 0 Å². The van der Waals surface area contributed by atoms with Crippen molar-refractivity contribution in [1.29, 1.82) is 0 Å². The number of hydrogen-bond acceptors (Lipinski definition) is 5. The Bertz CT molecular complexity index is 1480. The Morgan fingerprint density at radius 3 is 2.51 bits per heavy atom. The molecule has 7 nitrogen and oxygen atoms in total. The van der Waals surface area contributed by atoms with Gasteiger partial charge >= 0.3 is 0 Å². The Labute approximate surface area is 208 Å². The number of aromatic amines is 1. The maximum absolute atomic E-state index is 13.9. The number of halogens is 1. The van der Waals surface area contributed by atoms with Crippen LogP contribution in [0.1, 0.15) is 28.9 Å². The molecule has 8 heteroatoms. The van der Waals surface area contributed by atoms with Crippen LogP contribution in [0.3, 0.4) is 0 Å². The van der Waals surface area contributed by atoms with Crippen LogP contribution in [0.25, 0.3) is 21.7 Å². The Morgan fingerprint density at radius 1 is 1.11 bits per heavy atom. The van der Waals surface area contributed by atoms with E-state index in [0.29, 0.717) is 40.9 Å². The number of nitrogens with one attached hydrogen (secondary N) is 1. The van der Waals surface area contributed by atoms with Crippen LogP contribution in [-0.4, -0.2) is 50.9 Å². The van der Waals surface area contributed by atoms with Gasteiger partial charge in [-0.15, -0.1) is 11.6 Å². The van der Waals surface area contributed by atoms with Gasteiger partial charge in [-0.3, -0.25) is 9.79 Å². The van der Waals surface area contributed by atoms with Gasteiger partial charge in [-0.05, 0) is 36.1 Å². The summed E-state index contributed by atoms with van der Waals surface area (Å²) in [6.07, 6.45) is 1.76. The number of rotatable bonds is 6. The van der Waals surface area contributed by atoms with Crippen molar-refractivity contribution >= 4 is 56.8 Å². The standard InChI is InChI=1S/C27H26ClN3O4/c1-5-29-19-12-21-23(18-9-7-6-8-17(18)19)16(13-28)14-31(21)27(32)20-10-15-11-22(33-2)25(34-3)26(35-4)24(15)30-20/h5-12,16,30H,13-14H2,1-4H3/t16-/m1/s1. The minimum Gasteiger partial charge on any atom is -0.493 e. The van der Waals surface area contributed by atoms with Crippen molar-refractivity contribution < 1.29 is 19.0 Å². The molecular formula is C27H26ClN3O4. The molecule has 5 rings (SSSR count). The van der Waals surface area contributed by atoms with Crippen LogP contribution in [0.15, 0.2) is 47.5 Å². The van der Waals surface area contributed by atoms with E-state index in [1.165, 1.54) is 0 Å². The van der Waals surface area contributed by atoms with Crippen LogP contribution < -0.4 is 19.1 Å². The molecule has 0 bridgehead atoms. The van der Waals surface area contributed by atoms with Gasteiger partial charge in [0.2, 0.25) is 5.75 Å². The van der Waals surface area contributed by atoms with Crippen LogP contribution in [-0.2, 0) is 0 Å². The van der Waals surface area contributed by atoms with E-state index < -0.39 is 0 Å². The van der Waals surface area contributed by atoms with Gasteiger partial charge in [0.15, 0.2) is 11.5 Å². The summed E-state index contributed by atoms with van der Waals surface area (Å²) in [6, 6.07) is 13.7. The van der Waals surface area contributed by atoms with Gasteiger partial charge < -0.3 is 24.1 Å². The Balaban J connectivity index is 1.66. The summed E-state index contributed by atoms with van der Waals surface area (Å²) in [5.41, 5.74) is 3.83. The molecular weight excluding hydrogens is 466 g/mol. The number of aliphatic imine (C=N–C) groups is 1. The number of aromatic nitrogens is 1. The van der Waals surface area contributed by atoms with E-state index >= 15 is 0 Å². The molecule has 1 amide bonds. The third kappa shape index (κ3) is 3.58. The highest BCUT2D eigenvalue weighted by atomic mass is 35.5. The average Bonchev–Trinajstić information content (AvgIpc) is 3.48. The molecule has 4 aromatic rings. The number of amides is 1. The summed E-state index contributed by atoms with van der Waals surface area (Å²) in [5.74, 6) is 1.73. The lowest BCUT2D eigenvalue weighted by atomic mass is 9.95. The molecule has 0 saturated heterocycles. The molecule has 2 heterocycles. The maximum Gasteiger partial charge on any atom is 0.274 e. The molecule has 180 valence electrons. The van der Waals surface area contributed by atoms with Gasteiger partial charge in [-0.1, -0.05) is 24.3 Å². The molecule has 1 aromatic heterocycles.